The number of hydrogen-bond acceptors (Lipinski definition) is 7. The van der Waals surface area contributed by atoms with Crippen LogP contribution in [0.1, 0.15) is 11.5 Å². The number of fused-ring (bicyclic) bond motifs is 1. The summed E-state index contributed by atoms with van der Waals surface area (Å²) in [6.45, 7) is 0.148. The highest BCUT2D eigenvalue weighted by atomic mass is 35.5. The number of nitrogens with one attached hydrogen (secondary N) is 2. The van der Waals surface area contributed by atoms with Crippen LogP contribution in [-0.2, 0) is 4.79 Å². The van der Waals surface area contributed by atoms with Gasteiger partial charge in [-0.05, 0) is 35.7 Å². The second-order valence-corrected chi connectivity index (χ2v) is 8.12. The molecule has 1 amide bonds. The molecule has 0 aliphatic carbocycles. The largest absolute Gasteiger partial charge is 0.446 e. The van der Waals surface area contributed by atoms with Crippen LogP contribution in [0.4, 0.5) is 0 Å². The molecule has 4 rings (SSSR count). The van der Waals surface area contributed by atoms with Crippen molar-refractivity contribution in [2.75, 3.05) is 19.7 Å². The number of benzene rings is 1. The molecule has 0 spiro atoms. The summed E-state index contributed by atoms with van der Waals surface area (Å²) >= 11 is 7.56. The Bertz CT molecular complexity index is 1130. The fourth-order valence-electron chi connectivity index (χ4n) is 3.29. The number of carbonyl (C=O) groups is 1. The van der Waals surface area contributed by atoms with Crippen LogP contribution in [-0.4, -0.2) is 46.3 Å². The first kappa shape index (κ1) is 20.5. The lowest BCUT2D eigenvalue weighted by molar-refractivity contribution is -0.132. The lowest BCUT2D eigenvalue weighted by Gasteiger charge is -2.22. The molecule has 3 N–H and O–H groups in total. The molecule has 7 nitrogen and oxygen atoms in total. The highest BCUT2D eigenvalue weighted by molar-refractivity contribution is 7.97. The molecule has 0 saturated carbocycles. The Morgan fingerprint density at radius 2 is 2.23 bits per heavy atom. The molecule has 30 heavy (non-hydrogen) atoms. The molecule has 1 aromatic carbocycles. The topological polar surface area (TPSA) is 102 Å². The van der Waals surface area contributed by atoms with Crippen molar-refractivity contribution in [1.29, 1.82) is 5.41 Å². The minimum atomic E-state index is -0.749. The van der Waals surface area contributed by atoms with Gasteiger partial charge in [0.2, 0.25) is 11.6 Å². The first-order valence-corrected chi connectivity index (χ1v) is 10.4. The zero-order valence-corrected chi connectivity index (χ0v) is 17.4. The lowest BCUT2D eigenvalue weighted by Crippen LogP contribution is -2.35. The summed E-state index contributed by atoms with van der Waals surface area (Å²) < 4.78 is 8.34. The zero-order valence-electron chi connectivity index (χ0n) is 15.8. The Labute approximate surface area is 182 Å². The number of likely N-dealkylation sites (tertiary alicyclic amines) is 1. The van der Waals surface area contributed by atoms with Gasteiger partial charge >= 0.3 is 0 Å². The first-order chi connectivity index (χ1) is 14.6. The van der Waals surface area contributed by atoms with Crippen molar-refractivity contribution in [2.45, 2.75) is 10.8 Å². The van der Waals surface area contributed by atoms with Crippen LogP contribution in [0.5, 0.6) is 0 Å². The molecule has 2 aromatic heterocycles. The predicted octanol–water partition coefficient (Wildman–Crippen LogP) is 3.60. The van der Waals surface area contributed by atoms with Crippen LogP contribution in [0.25, 0.3) is 11.1 Å². The minimum Gasteiger partial charge on any atom is -0.446 e. The summed E-state index contributed by atoms with van der Waals surface area (Å²) in [6.07, 6.45) is 5.02. The van der Waals surface area contributed by atoms with Crippen LogP contribution < -0.4 is 4.72 Å². The highest BCUT2D eigenvalue weighted by Crippen LogP contribution is 2.28. The van der Waals surface area contributed by atoms with Gasteiger partial charge in [-0.3, -0.25) is 4.79 Å². The summed E-state index contributed by atoms with van der Waals surface area (Å²) in [6, 6.07) is 10.8. The summed E-state index contributed by atoms with van der Waals surface area (Å²) in [5.41, 5.74) is 2.24. The summed E-state index contributed by atoms with van der Waals surface area (Å²) in [5.74, 6) is -0.998. The smallest absolute Gasteiger partial charge is 0.233 e. The summed E-state index contributed by atoms with van der Waals surface area (Å²) in [5, 5.41) is 19.4. The quantitative estimate of drug-likeness (QED) is 0.504. The Hall–Kier alpha value is -2.81. The number of aliphatic hydroxyl groups is 1. The third-order valence-electron chi connectivity index (χ3n) is 4.86. The van der Waals surface area contributed by atoms with E-state index in [-0.39, 0.29) is 19.1 Å². The molecule has 1 aliphatic rings. The van der Waals surface area contributed by atoms with E-state index in [4.69, 9.17) is 21.4 Å². The Morgan fingerprint density at radius 1 is 1.40 bits per heavy atom. The van der Waals surface area contributed by atoms with Crippen molar-refractivity contribution in [3.8, 4) is 0 Å². The maximum absolute atomic E-state index is 13.0. The average molecular weight is 443 g/mol. The molecule has 1 atom stereocenters. The number of furan rings is 1. The SMILES string of the molecule is N=C1CN(C(=O)C(CO)c2ccccc2Cl)C/C1=C/NSc1cnc2occc2c1. The second-order valence-electron chi connectivity index (χ2n) is 6.81. The molecule has 3 aromatic rings. The van der Waals surface area contributed by atoms with Gasteiger partial charge in [0, 0.05) is 39.8 Å². The molecule has 1 aliphatic heterocycles. The molecular formula is C21H19ClN4O3S. The normalized spacial score (nSPS) is 16.4. The second kappa shape index (κ2) is 8.91. The average Bonchev–Trinajstić information content (AvgIpc) is 3.36. The van der Waals surface area contributed by atoms with Crippen LogP contribution in [0.15, 0.2) is 69.9 Å². The summed E-state index contributed by atoms with van der Waals surface area (Å²) in [7, 11) is 0. The van der Waals surface area contributed by atoms with Crippen molar-refractivity contribution >= 4 is 46.3 Å². The molecule has 0 bridgehead atoms. The molecular weight excluding hydrogens is 424 g/mol. The number of carbonyl (C=O) groups excluding carboxylic acids is 1. The van der Waals surface area contributed by atoms with Crippen molar-refractivity contribution in [2.24, 2.45) is 0 Å². The Kier molecular flexibility index (Phi) is 6.08. The van der Waals surface area contributed by atoms with Crippen molar-refractivity contribution in [3.05, 3.63) is 71.2 Å². The monoisotopic (exact) mass is 442 g/mol. The minimum absolute atomic E-state index is 0.195. The third-order valence-corrected chi connectivity index (χ3v) is 5.90. The van der Waals surface area contributed by atoms with E-state index in [9.17, 15) is 9.90 Å². The number of hydrogen-bond donors (Lipinski definition) is 3. The van der Waals surface area contributed by atoms with Crippen molar-refractivity contribution in [1.82, 2.24) is 14.6 Å². The van der Waals surface area contributed by atoms with E-state index in [1.165, 1.54) is 11.9 Å². The van der Waals surface area contributed by atoms with Crippen LogP contribution in [0.2, 0.25) is 5.02 Å². The molecule has 3 heterocycles. The van der Waals surface area contributed by atoms with Gasteiger partial charge in [-0.25, -0.2) is 4.98 Å². The van der Waals surface area contributed by atoms with Crippen LogP contribution in [0.3, 0.4) is 0 Å². The maximum Gasteiger partial charge on any atom is 0.233 e. The zero-order chi connectivity index (χ0) is 21.1. The number of amides is 1. The standard InChI is InChI=1S/C21H19ClN4O3S/c22-18-4-2-1-3-16(18)17(12-27)21(28)26-10-14(19(23)11-26)8-25-30-15-7-13-5-6-29-20(13)24-9-15/h1-9,17,23,25,27H,10-12H2/b14-8-,23-19?. The van der Waals surface area contributed by atoms with Crippen LogP contribution in [0, 0.1) is 5.41 Å². The number of nitrogens with zero attached hydrogens (tertiary/aromatic N) is 2. The van der Waals surface area contributed by atoms with Gasteiger partial charge in [0.15, 0.2) is 0 Å². The molecule has 9 heteroatoms. The molecule has 1 unspecified atom stereocenters. The van der Waals surface area contributed by atoms with E-state index in [1.54, 1.807) is 47.8 Å². The highest BCUT2D eigenvalue weighted by Gasteiger charge is 2.32. The number of rotatable bonds is 6. The molecule has 0 radical (unpaired) electrons. The van der Waals surface area contributed by atoms with Gasteiger partial charge in [-0.2, -0.15) is 0 Å². The lowest BCUT2D eigenvalue weighted by atomic mass is 9.98. The maximum atomic E-state index is 13.0. The summed E-state index contributed by atoms with van der Waals surface area (Å²) in [4.78, 5) is 19.6. The van der Waals surface area contributed by atoms with Crippen molar-refractivity contribution in [3.63, 3.8) is 0 Å². The Morgan fingerprint density at radius 3 is 3.03 bits per heavy atom. The van der Waals surface area contributed by atoms with Crippen molar-refractivity contribution < 1.29 is 14.3 Å². The van der Waals surface area contributed by atoms with Gasteiger partial charge in [0.1, 0.15) is 0 Å². The fourth-order valence-corrected chi connectivity index (χ4v) is 4.18. The number of halogens is 1. The first-order valence-electron chi connectivity index (χ1n) is 9.23. The van der Waals surface area contributed by atoms with Gasteiger partial charge in [-0.1, -0.05) is 29.8 Å². The van der Waals surface area contributed by atoms with Gasteiger partial charge in [0.25, 0.3) is 0 Å². The number of pyridine rings is 1. The van der Waals surface area contributed by atoms with E-state index >= 15 is 0 Å². The number of aromatic nitrogens is 1. The number of aliphatic hydroxyl groups excluding tert-OH is 1. The fraction of sp³-hybridized carbons (Fsp3) is 0.190. The third kappa shape index (κ3) is 4.21. The van der Waals surface area contributed by atoms with E-state index in [0.717, 1.165) is 10.3 Å². The van der Waals surface area contributed by atoms with Gasteiger partial charge < -0.3 is 24.6 Å². The Balaban J connectivity index is 1.41. The molecule has 1 saturated heterocycles. The molecule has 1 fully saturated rings. The van der Waals surface area contributed by atoms with E-state index in [0.29, 0.717) is 34.1 Å². The van der Waals surface area contributed by atoms with Crippen LogP contribution >= 0.6 is 23.5 Å². The van der Waals surface area contributed by atoms with E-state index in [2.05, 4.69) is 9.71 Å². The van der Waals surface area contributed by atoms with E-state index in [1.807, 2.05) is 12.1 Å². The predicted molar refractivity (Wildman–Crippen MR) is 117 cm³/mol. The van der Waals surface area contributed by atoms with E-state index < -0.39 is 5.92 Å². The molecule has 154 valence electrons. The van der Waals surface area contributed by atoms with Gasteiger partial charge in [0.05, 0.1) is 31.0 Å². The van der Waals surface area contributed by atoms with Gasteiger partial charge in [-0.15, -0.1) is 0 Å².